The van der Waals surface area contributed by atoms with E-state index in [4.69, 9.17) is 21.7 Å². The highest BCUT2D eigenvalue weighted by Gasteiger charge is 2.20. The summed E-state index contributed by atoms with van der Waals surface area (Å²) in [5.41, 5.74) is 0.517. The van der Waals surface area contributed by atoms with Gasteiger partial charge < -0.3 is 14.4 Å². The topological polar surface area (TPSA) is 38.8 Å². The number of hydrogen-bond acceptors (Lipinski definition) is 5. The molecule has 112 valence electrons. The second kappa shape index (κ2) is 6.26. The van der Waals surface area contributed by atoms with E-state index < -0.39 is 5.60 Å². The van der Waals surface area contributed by atoms with Crippen LogP contribution in [-0.4, -0.2) is 27.9 Å². The maximum absolute atomic E-state index is 11.8. The summed E-state index contributed by atoms with van der Waals surface area (Å²) in [4.78, 5) is 14.5. The van der Waals surface area contributed by atoms with E-state index in [2.05, 4.69) is 0 Å². The molecule has 0 spiro atoms. The Kier molecular flexibility index (Phi) is 4.63. The lowest BCUT2D eigenvalue weighted by atomic mass is 10.0. The summed E-state index contributed by atoms with van der Waals surface area (Å²) in [5.74, 6) is 0.422. The van der Waals surface area contributed by atoms with Gasteiger partial charge in [-0.1, -0.05) is 24.4 Å². The highest BCUT2D eigenvalue weighted by atomic mass is 32.1. The molecule has 0 aromatic heterocycles. The van der Waals surface area contributed by atoms with Crippen molar-refractivity contribution in [3.8, 4) is 0 Å². The number of ether oxygens (including phenoxy) is 2. The largest absolute Gasteiger partial charge is 0.462 e. The SMILES string of the molecule is CC(C)(C)OC(=O)CN1C=COC(C2=CC=CC(=S)C2)=C1. The first kappa shape index (κ1) is 15.5. The van der Waals surface area contributed by atoms with Crippen LogP contribution in [0.3, 0.4) is 0 Å². The van der Waals surface area contributed by atoms with E-state index in [9.17, 15) is 4.79 Å². The predicted octanol–water partition coefficient (Wildman–Crippen LogP) is 3.23. The van der Waals surface area contributed by atoms with Crippen molar-refractivity contribution in [3.63, 3.8) is 0 Å². The molecule has 4 nitrogen and oxygen atoms in total. The lowest BCUT2D eigenvalue weighted by molar-refractivity contribution is -0.155. The van der Waals surface area contributed by atoms with Gasteiger partial charge in [-0.3, -0.25) is 4.79 Å². The Balaban J connectivity index is 2.02. The Morgan fingerprint density at radius 1 is 1.48 bits per heavy atom. The summed E-state index contributed by atoms with van der Waals surface area (Å²) in [6.45, 7) is 5.69. The lowest BCUT2D eigenvalue weighted by Crippen LogP contribution is -2.31. The molecule has 0 aromatic carbocycles. The minimum Gasteiger partial charge on any atom is -0.462 e. The molecule has 0 radical (unpaired) electrons. The average Bonchev–Trinajstić information content (AvgIpc) is 2.36. The van der Waals surface area contributed by atoms with Crippen LogP contribution in [0.2, 0.25) is 0 Å². The third kappa shape index (κ3) is 4.86. The number of allylic oxidation sites excluding steroid dienone is 4. The van der Waals surface area contributed by atoms with Crippen molar-refractivity contribution in [2.75, 3.05) is 6.54 Å². The summed E-state index contributed by atoms with van der Waals surface area (Å²) in [6.07, 6.45) is 11.5. The van der Waals surface area contributed by atoms with Crippen LogP contribution in [-0.2, 0) is 14.3 Å². The maximum Gasteiger partial charge on any atom is 0.326 e. The normalized spacial score (nSPS) is 18.0. The third-order valence-electron chi connectivity index (χ3n) is 2.72. The van der Waals surface area contributed by atoms with Gasteiger partial charge in [-0.15, -0.1) is 0 Å². The van der Waals surface area contributed by atoms with Crippen molar-refractivity contribution in [1.82, 2.24) is 4.90 Å². The van der Waals surface area contributed by atoms with E-state index in [-0.39, 0.29) is 12.5 Å². The first-order valence-corrected chi connectivity index (χ1v) is 7.17. The molecule has 2 rings (SSSR count). The molecule has 0 aromatic rings. The van der Waals surface area contributed by atoms with Crippen molar-refractivity contribution >= 4 is 23.1 Å². The third-order valence-corrected chi connectivity index (χ3v) is 3.00. The molecule has 2 aliphatic rings. The van der Waals surface area contributed by atoms with Gasteiger partial charge in [0.1, 0.15) is 24.2 Å². The van der Waals surface area contributed by atoms with E-state index in [1.165, 1.54) is 0 Å². The zero-order valence-corrected chi connectivity index (χ0v) is 13.3. The van der Waals surface area contributed by atoms with Gasteiger partial charge in [0, 0.05) is 29.3 Å². The zero-order chi connectivity index (χ0) is 15.5. The molecule has 0 saturated carbocycles. The highest BCUT2D eigenvalue weighted by molar-refractivity contribution is 7.80. The molecule has 0 fully saturated rings. The second-order valence-corrected chi connectivity index (χ2v) is 6.37. The molecule has 0 saturated heterocycles. The van der Waals surface area contributed by atoms with Crippen molar-refractivity contribution in [3.05, 3.63) is 48.2 Å². The van der Waals surface area contributed by atoms with Crippen LogP contribution in [0.5, 0.6) is 0 Å². The van der Waals surface area contributed by atoms with Gasteiger partial charge in [0.05, 0.1) is 0 Å². The Hall–Kier alpha value is -1.88. The molecular formula is C16H19NO3S. The Labute approximate surface area is 130 Å². The molecule has 0 N–H and O–H groups in total. The van der Waals surface area contributed by atoms with Crippen molar-refractivity contribution in [2.24, 2.45) is 0 Å². The van der Waals surface area contributed by atoms with Gasteiger partial charge in [-0.25, -0.2) is 0 Å². The predicted molar refractivity (Wildman–Crippen MR) is 85.3 cm³/mol. The number of esters is 1. The first-order chi connectivity index (χ1) is 9.83. The number of rotatable bonds is 3. The smallest absolute Gasteiger partial charge is 0.326 e. The van der Waals surface area contributed by atoms with E-state index in [0.717, 1.165) is 10.4 Å². The van der Waals surface area contributed by atoms with Gasteiger partial charge in [-0.2, -0.15) is 0 Å². The monoisotopic (exact) mass is 305 g/mol. The van der Waals surface area contributed by atoms with Crippen LogP contribution in [0.4, 0.5) is 0 Å². The number of carbonyl (C=O) groups is 1. The fourth-order valence-electron chi connectivity index (χ4n) is 1.93. The number of thiocarbonyl (C=S) groups is 1. The summed E-state index contributed by atoms with van der Waals surface area (Å²) < 4.78 is 10.8. The van der Waals surface area contributed by atoms with Crippen LogP contribution >= 0.6 is 12.2 Å². The van der Waals surface area contributed by atoms with Gasteiger partial charge >= 0.3 is 5.97 Å². The average molecular weight is 305 g/mol. The summed E-state index contributed by atoms with van der Waals surface area (Å²) in [5, 5.41) is 0. The Bertz CT molecular complexity index is 565. The molecule has 0 amide bonds. The summed E-state index contributed by atoms with van der Waals surface area (Å²) in [7, 11) is 0. The molecule has 1 aliphatic heterocycles. The minimum atomic E-state index is -0.484. The maximum atomic E-state index is 11.8. The van der Waals surface area contributed by atoms with Crippen LogP contribution in [0.1, 0.15) is 27.2 Å². The molecule has 21 heavy (non-hydrogen) atoms. The summed E-state index contributed by atoms with van der Waals surface area (Å²) in [6, 6.07) is 0. The molecule has 1 heterocycles. The number of carbonyl (C=O) groups excluding carboxylic acids is 1. The molecule has 0 bridgehead atoms. The Morgan fingerprint density at radius 2 is 2.24 bits per heavy atom. The van der Waals surface area contributed by atoms with E-state index in [1.807, 2.05) is 39.0 Å². The molecule has 5 heteroatoms. The Morgan fingerprint density at radius 3 is 2.90 bits per heavy atom. The fraction of sp³-hybridized carbons (Fsp3) is 0.375. The van der Waals surface area contributed by atoms with Crippen LogP contribution in [0.15, 0.2) is 48.2 Å². The summed E-state index contributed by atoms with van der Waals surface area (Å²) >= 11 is 5.19. The van der Waals surface area contributed by atoms with E-state index >= 15 is 0 Å². The molecule has 0 unspecified atom stereocenters. The van der Waals surface area contributed by atoms with Gasteiger partial charge in [0.15, 0.2) is 0 Å². The van der Waals surface area contributed by atoms with Crippen LogP contribution in [0, 0.1) is 0 Å². The van der Waals surface area contributed by atoms with E-state index in [0.29, 0.717) is 12.2 Å². The number of nitrogens with zero attached hydrogens (tertiary/aromatic N) is 1. The minimum absolute atomic E-state index is 0.147. The van der Waals surface area contributed by atoms with Gasteiger partial charge in [0.25, 0.3) is 0 Å². The fourth-order valence-corrected chi connectivity index (χ4v) is 2.17. The van der Waals surface area contributed by atoms with Crippen molar-refractivity contribution in [1.29, 1.82) is 0 Å². The molecular weight excluding hydrogens is 286 g/mol. The van der Waals surface area contributed by atoms with Gasteiger partial charge in [0.2, 0.25) is 0 Å². The van der Waals surface area contributed by atoms with Crippen molar-refractivity contribution in [2.45, 2.75) is 32.8 Å². The van der Waals surface area contributed by atoms with E-state index in [1.54, 1.807) is 23.6 Å². The van der Waals surface area contributed by atoms with Crippen LogP contribution < -0.4 is 0 Å². The van der Waals surface area contributed by atoms with Crippen molar-refractivity contribution < 1.29 is 14.3 Å². The highest BCUT2D eigenvalue weighted by Crippen LogP contribution is 2.23. The molecule has 1 aliphatic carbocycles. The second-order valence-electron chi connectivity index (χ2n) is 5.85. The first-order valence-electron chi connectivity index (χ1n) is 6.77. The lowest BCUT2D eigenvalue weighted by Gasteiger charge is -2.25. The standard InChI is InChI=1S/C16H19NO3S/c1-16(2,3)20-15(18)11-17-7-8-19-14(10-17)12-5-4-6-13(21)9-12/h4-8,10H,9,11H2,1-3H3. The quantitative estimate of drug-likeness (QED) is 0.591. The van der Waals surface area contributed by atoms with Gasteiger partial charge in [-0.05, 0) is 26.8 Å². The van der Waals surface area contributed by atoms with Crippen LogP contribution in [0.25, 0.3) is 0 Å². The molecule has 0 atom stereocenters. The number of hydrogen-bond donors (Lipinski definition) is 0. The zero-order valence-electron chi connectivity index (χ0n) is 12.5.